The Bertz CT molecular complexity index is 931. The van der Waals surface area contributed by atoms with E-state index in [0.717, 1.165) is 69.1 Å². The quantitative estimate of drug-likeness (QED) is 0.574. The average molecular weight is 395 g/mol. The summed E-state index contributed by atoms with van der Waals surface area (Å²) in [5, 5.41) is 4.74. The van der Waals surface area contributed by atoms with Crippen LogP contribution >= 0.6 is 0 Å². The predicted molar refractivity (Wildman–Crippen MR) is 117 cm³/mol. The molecule has 1 fully saturated rings. The Hall–Kier alpha value is -2.44. The first-order valence-corrected chi connectivity index (χ1v) is 10.7. The summed E-state index contributed by atoms with van der Waals surface area (Å²) in [7, 11) is 0. The minimum absolute atomic E-state index is 0.893. The molecule has 0 atom stereocenters. The number of fused-ring (bicyclic) bond motifs is 1. The van der Waals surface area contributed by atoms with Gasteiger partial charge in [-0.1, -0.05) is 30.3 Å². The molecule has 0 unspecified atom stereocenters. The molecule has 1 aliphatic heterocycles. The Balaban J connectivity index is 1.44. The number of nitrogens with one attached hydrogen (secondary N) is 2. The van der Waals surface area contributed by atoms with E-state index < -0.39 is 0 Å². The lowest BCUT2D eigenvalue weighted by molar-refractivity contribution is -0.908. The molecular weight excluding hydrogens is 362 g/mol. The van der Waals surface area contributed by atoms with Crippen LogP contribution in [0, 0.1) is 13.8 Å². The smallest absolute Gasteiger partial charge is 0.145 e. The third-order valence-electron chi connectivity index (χ3n) is 6.07. The van der Waals surface area contributed by atoms with Crippen molar-refractivity contribution in [2.45, 2.75) is 33.2 Å². The molecule has 0 amide bonds. The van der Waals surface area contributed by atoms with Crippen molar-refractivity contribution in [1.82, 2.24) is 14.5 Å². The summed E-state index contributed by atoms with van der Waals surface area (Å²) >= 11 is 0. The van der Waals surface area contributed by atoms with Gasteiger partial charge in [-0.05, 0) is 31.4 Å². The van der Waals surface area contributed by atoms with Gasteiger partial charge in [0, 0.05) is 25.2 Å². The van der Waals surface area contributed by atoms with Crippen LogP contribution in [0.2, 0.25) is 0 Å². The summed E-state index contributed by atoms with van der Waals surface area (Å²) in [5.74, 6) is 0.964. The van der Waals surface area contributed by atoms with E-state index in [9.17, 15) is 0 Å². The van der Waals surface area contributed by atoms with Crippen LogP contribution in [-0.2, 0) is 17.7 Å². The van der Waals surface area contributed by atoms with Gasteiger partial charge in [0.15, 0.2) is 0 Å². The van der Waals surface area contributed by atoms with E-state index in [-0.39, 0.29) is 0 Å². The third-order valence-corrected chi connectivity index (χ3v) is 6.07. The molecule has 4 rings (SSSR count). The maximum Gasteiger partial charge on any atom is 0.145 e. The van der Waals surface area contributed by atoms with Crippen LogP contribution in [0.15, 0.2) is 36.7 Å². The molecule has 3 heterocycles. The van der Waals surface area contributed by atoms with Gasteiger partial charge in [-0.25, -0.2) is 9.97 Å². The third kappa shape index (κ3) is 4.60. The maximum absolute atomic E-state index is 5.44. The number of anilines is 1. The van der Waals surface area contributed by atoms with E-state index in [1.165, 1.54) is 23.4 Å². The van der Waals surface area contributed by atoms with Gasteiger partial charge in [0.25, 0.3) is 0 Å². The minimum Gasteiger partial charge on any atom is -0.370 e. The molecule has 0 radical (unpaired) electrons. The van der Waals surface area contributed by atoms with Crippen LogP contribution in [0.5, 0.6) is 0 Å². The number of nitrogens with zero attached hydrogens (tertiary/aromatic N) is 3. The Morgan fingerprint density at radius 3 is 2.69 bits per heavy atom. The SMILES string of the molecule is Cc1c(C)n(CCc2ccccc2)c2ncnc(NCCC[NH+]3CCOCC3)c12. The molecule has 1 saturated heterocycles. The largest absolute Gasteiger partial charge is 0.370 e. The standard InChI is InChI=1S/C23H31N5O/c1-18-19(2)28(12-9-20-7-4-3-5-8-20)23-21(18)22(25-17-26-23)24-10-6-11-27-13-15-29-16-14-27/h3-5,7-8,17H,6,9-16H2,1-2H3,(H,24,25,26)/p+1. The number of rotatable bonds is 8. The lowest BCUT2D eigenvalue weighted by Crippen LogP contribution is -3.14. The average Bonchev–Trinajstić information content (AvgIpc) is 3.02. The van der Waals surface area contributed by atoms with Crippen LogP contribution in [0.25, 0.3) is 11.0 Å². The second-order valence-electron chi connectivity index (χ2n) is 7.91. The Morgan fingerprint density at radius 1 is 1.10 bits per heavy atom. The molecule has 6 nitrogen and oxygen atoms in total. The molecule has 0 bridgehead atoms. The summed E-state index contributed by atoms with van der Waals surface area (Å²) in [6.07, 6.45) is 3.82. The lowest BCUT2D eigenvalue weighted by atomic mass is 10.1. The highest BCUT2D eigenvalue weighted by Gasteiger charge is 2.17. The summed E-state index contributed by atoms with van der Waals surface area (Å²) in [4.78, 5) is 10.8. The van der Waals surface area contributed by atoms with Crippen molar-refractivity contribution in [3.63, 3.8) is 0 Å². The van der Waals surface area contributed by atoms with Crippen LogP contribution in [-0.4, -0.2) is 53.9 Å². The van der Waals surface area contributed by atoms with Gasteiger partial charge < -0.3 is 19.5 Å². The van der Waals surface area contributed by atoms with Crippen molar-refractivity contribution in [2.75, 3.05) is 44.7 Å². The topological polar surface area (TPSA) is 56.4 Å². The highest BCUT2D eigenvalue weighted by molar-refractivity contribution is 5.91. The fourth-order valence-corrected chi connectivity index (χ4v) is 4.22. The number of aromatic nitrogens is 3. The van der Waals surface area contributed by atoms with Crippen molar-refractivity contribution in [3.8, 4) is 0 Å². The normalized spacial score (nSPS) is 15.1. The molecule has 0 saturated carbocycles. The van der Waals surface area contributed by atoms with Gasteiger partial charge in [-0.15, -0.1) is 0 Å². The van der Waals surface area contributed by atoms with Gasteiger partial charge >= 0.3 is 0 Å². The molecule has 2 aromatic heterocycles. The van der Waals surface area contributed by atoms with Gasteiger partial charge in [0.1, 0.15) is 30.9 Å². The fourth-order valence-electron chi connectivity index (χ4n) is 4.22. The van der Waals surface area contributed by atoms with E-state index in [1.54, 1.807) is 11.2 Å². The number of hydrogen-bond acceptors (Lipinski definition) is 4. The van der Waals surface area contributed by atoms with Gasteiger partial charge in [-0.3, -0.25) is 0 Å². The summed E-state index contributed by atoms with van der Waals surface area (Å²) < 4.78 is 7.78. The predicted octanol–water partition coefficient (Wildman–Crippen LogP) is 2.01. The first-order chi connectivity index (χ1) is 14.2. The van der Waals surface area contributed by atoms with Gasteiger partial charge in [0.05, 0.1) is 25.1 Å². The number of hydrogen-bond donors (Lipinski definition) is 2. The highest BCUT2D eigenvalue weighted by atomic mass is 16.5. The van der Waals surface area contributed by atoms with Crippen molar-refractivity contribution in [1.29, 1.82) is 0 Å². The fraction of sp³-hybridized carbons (Fsp3) is 0.478. The van der Waals surface area contributed by atoms with Gasteiger partial charge in [-0.2, -0.15) is 0 Å². The monoisotopic (exact) mass is 394 g/mol. The van der Waals surface area contributed by atoms with Gasteiger partial charge in [0.2, 0.25) is 0 Å². The first kappa shape index (κ1) is 19.9. The molecule has 3 aromatic rings. The Morgan fingerprint density at radius 2 is 1.90 bits per heavy atom. The second kappa shape index (κ2) is 9.37. The lowest BCUT2D eigenvalue weighted by Gasteiger charge is -2.23. The van der Waals surface area contributed by atoms with E-state index in [4.69, 9.17) is 4.74 Å². The molecule has 2 N–H and O–H groups in total. The maximum atomic E-state index is 5.44. The molecule has 1 aromatic carbocycles. The van der Waals surface area contributed by atoms with E-state index in [2.05, 4.69) is 64.0 Å². The zero-order chi connectivity index (χ0) is 20.1. The van der Waals surface area contributed by atoms with Crippen molar-refractivity contribution in [2.24, 2.45) is 0 Å². The second-order valence-corrected chi connectivity index (χ2v) is 7.91. The number of aryl methyl sites for hydroxylation is 3. The number of benzene rings is 1. The zero-order valence-electron chi connectivity index (χ0n) is 17.6. The van der Waals surface area contributed by atoms with E-state index in [0.29, 0.717) is 0 Å². The first-order valence-electron chi connectivity index (χ1n) is 10.7. The summed E-state index contributed by atoms with van der Waals surface area (Å²) in [5.41, 5.74) is 4.93. The minimum atomic E-state index is 0.893. The zero-order valence-corrected chi connectivity index (χ0v) is 17.6. The van der Waals surface area contributed by atoms with Crippen LogP contribution in [0.4, 0.5) is 5.82 Å². The number of morpholine rings is 1. The van der Waals surface area contributed by atoms with Crippen molar-refractivity contribution in [3.05, 3.63) is 53.5 Å². The summed E-state index contributed by atoms with van der Waals surface area (Å²) in [6.45, 7) is 11.5. The van der Waals surface area contributed by atoms with Crippen LogP contribution < -0.4 is 10.2 Å². The molecule has 29 heavy (non-hydrogen) atoms. The molecule has 154 valence electrons. The highest BCUT2D eigenvalue weighted by Crippen LogP contribution is 2.28. The van der Waals surface area contributed by atoms with Crippen molar-refractivity contribution < 1.29 is 9.64 Å². The van der Waals surface area contributed by atoms with Crippen molar-refractivity contribution >= 4 is 16.9 Å². The summed E-state index contributed by atoms with van der Waals surface area (Å²) in [6, 6.07) is 10.6. The van der Waals surface area contributed by atoms with Crippen LogP contribution in [0.3, 0.4) is 0 Å². The molecule has 6 heteroatoms. The van der Waals surface area contributed by atoms with Crippen LogP contribution in [0.1, 0.15) is 23.2 Å². The molecule has 0 aliphatic carbocycles. The molecular formula is C23H32N5O+. The number of ether oxygens (including phenoxy) is 1. The Kier molecular flexibility index (Phi) is 6.42. The molecule has 0 spiro atoms. The Labute approximate surface area is 172 Å². The molecule has 1 aliphatic rings. The number of quaternary nitrogens is 1. The van der Waals surface area contributed by atoms with E-state index >= 15 is 0 Å². The van der Waals surface area contributed by atoms with E-state index in [1.807, 2.05) is 0 Å².